The molecule has 0 spiro atoms. The predicted molar refractivity (Wildman–Crippen MR) is 91.9 cm³/mol. The first kappa shape index (κ1) is 16.8. The van der Waals surface area contributed by atoms with Gasteiger partial charge in [-0.15, -0.1) is 0 Å². The Morgan fingerprint density at radius 1 is 1.43 bits per heavy atom. The summed E-state index contributed by atoms with van der Waals surface area (Å²) in [6.45, 7) is 3.80. The smallest absolute Gasteiger partial charge is 0.231 e. The summed E-state index contributed by atoms with van der Waals surface area (Å²) in [4.78, 5) is 12.7. The number of carbonyl (C=O) groups is 1. The zero-order valence-corrected chi connectivity index (χ0v) is 15.4. The second-order valence-corrected chi connectivity index (χ2v) is 7.04. The van der Waals surface area contributed by atoms with Crippen molar-refractivity contribution in [2.75, 3.05) is 25.5 Å². The summed E-state index contributed by atoms with van der Waals surface area (Å²) < 4.78 is 6.97. The second-order valence-electron chi connectivity index (χ2n) is 5.33. The minimum Gasteiger partial charge on any atom is -0.495 e. The molecule has 1 aliphatic heterocycles. The van der Waals surface area contributed by atoms with Gasteiger partial charge >= 0.3 is 0 Å². The number of ether oxygens (including phenoxy) is 1. The largest absolute Gasteiger partial charge is 0.495 e. The number of methoxy groups -OCH3 is 1. The lowest BCUT2D eigenvalue weighted by Crippen LogP contribution is -2.47. The first-order valence-electron chi connectivity index (χ1n) is 7.07. The maximum atomic E-state index is 12.7. The second kappa shape index (κ2) is 7.11. The summed E-state index contributed by atoms with van der Waals surface area (Å²) in [5, 5.41) is 6.38. The van der Waals surface area contributed by atoms with Crippen molar-refractivity contribution in [2.24, 2.45) is 5.41 Å². The number of anilines is 1. The number of hydrogen-bond donors (Lipinski definition) is 2. The molecule has 0 saturated carbocycles. The van der Waals surface area contributed by atoms with Gasteiger partial charge in [-0.25, -0.2) is 0 Å². The Morgan fingerprint density at radius 3 is 2.76 bits per heavy atom. The van der Waals surface area contributed by atoms with E-state index in [4.69, 9.17) is 4.74 Å². The third-order valence-electron chi connectivity index (χ3n) is 4.12. The van der Waals surface area contributed by atoms with Gasteiger partial charge in [0.25, 0.3) is 0 Å². The van der Waals surface area contributed by atoms with Crippen LogP contribution in [0, 0.1) is 5.41 Å². The monoisotopic (exact) mass is 418 g/mol. The van der Waals surface area contributed by atoms with Gasteiger partial charge in [0, 0.05) is 17.1 Å². The van der Waals surface area contributed by atoms with E-state index in [0.717, 1.165) is 47.0 Å². The van der Waals surface area contributed by atoms with Crippen molar-refractivity contribution >= 4 is 43.5 Å². The molecule has 0 radical (unpaired) electrons. The molecule has 0 aromatic heterocycles. The molecule has 1 saturated heterocycles. The zero-order valence-electron chi connectivity index (χ0n) is 12.3. The van der Waals surface area contributed by atoms with E-state index in [-0.39, 0.29) is 11.3 Å². The average Bonchev–Trinajstić information content (AvgIpc) is 2.50. The molecule has 1 heterocycles. The van der Waals surface area contributed by atoms with Crippen molar-refractivity contribution < 1.29 is 9.53 Å². The fourth-order valence-electron chi connectivity index (χ4n) is 2.66. The van der Waals surface area contributed by atoms with Crippen LogP contribution in [0.3, 0.4) is 0 Å². The van der Waals surface area contributed by atoms with E-state index in [2.05, 4.69) is 49.4 Å². The van der Waals surface area contributed by atoms with Crippen molar-refractivity contribution in [3.8, 4) is 5.75 Å². The molecule has 4 nitrogen and oxygen atoms in total. The Balaban J connectivity index is 2.22. The van der Waals surface area contributed by atoms with E-state index < -0.39 is 0 Å². The summed E-state index contributed by atoms with van der Waals surface area (Å²) in [7, 11) is 1.61. The Labute approximate surface area is 142 Å². The highest BCUT2D eigenvalue weighted by molar-refractivity contribution is 9.11. The lowest BCUT2D eigenvalue weighted by atomic mass is 9.77. The number of hydrogen-bond acceptors (Lipinski definition) is 3. The Hall–Kier alpha value is -0.590. The molecule has 1 aromatic carbocycles. The van der Waals surface area contributed by atoms with Crippen LogP contribution in [0.4, 0.5) is 5.69 Å². The van der Waals surface area contributed by atoms with Gasteiger partial charge in [0.1, 0.15) is 5.75 Å². The van der Waals surface area contributed by atoms with Crippen LogP contribution in [-0.4, -0.2) is 26.1 Å². The first-order valence-corrected chi connectivity index (χ1v) is 8.66. The molecule has 2 rings (SSSR count). The minimum atomic E-state index is -0.321. The SMILES string of the molecule is CCC1(C(=O)Nc2cc(OC)c(Br)cc2Br)CCCNC1. The van der Waals surface area contributed by atoms with Crippen LogP contribution in [0.5, 0.6) is 5.75 Å². The maximum absolute atomic E-state index is 12.7. The molecule has 1 atom stereocenters. The van der Waals surface area contributed by atoms with Crippen LogP contribution < -0.4 is 15.4 Å². The molecule has 1 aliphatic rings. The summed E-state index contributed by atoms with van der Waals surface area (Å²) in [5.74, 6) is 0.767. The van der Waals surface area contributed by atoms with E-state index in [1.165, 1.54) is 0 Å². The van der Waals surface area contributed by atoms with Crippen LogP contribution in [0.1, 0.15) is 26.2 Å². The van der Waals surface area contributed by atoms with Crippen LogP contribution in [0.25, 0.3) is 0 Å². The van der Waals surface area contributed by atoms with Gasteiger partial charge < -0.3 is 15.4 Å². The summed E-state index contributed by atoms with van der Waals surface area (Å²) in [6, 6.07) is 3.71. The molecular weight excluding hydrogens is 400 g/mol. The normalized spacial score (nSPS) is 21.9. The quantitative estimate of drug-likeness (QED) is 0.776. The average molecular weight is 420 g/mol. The van der Waals surface area contributed by atoms with E-state index in [9.17, 15) is 4.79 Å². The van der Waals surface area contributed by atoms with E-state index in [1.54, 1.807) is 7.11 Å². The highest BCUT2D eigenvalue weighted by Crippen LogP contribution is 2.37. The van der Waals surface area contributed by atoms with E-state index in [0.29, 0.717) is 5.75 Å². The molecule has 21 heavy (non-hydrogen) atoms. The molecule has 1 amide bonds. The predicted octanol–water partition coefficient (Wildman–Crippen LogP) is 3.94. The van der Waals surface area contributed by atoms with Crippen LogP contribution in [0.2, 0.25) is 0 Å². The highest BCUT2D eigenvalue weighted by atomic mass is 79.9. The standard InChI is InChI=1S/C15H20Br2N2O2/c1-3-15(5-4-6-18-9-15)14(20)19-12-8-13(21-2)11(17)7-10(12)16/h7-8,18H,3-6,9H2,1-2H3,(H,19,20). The summed E-state index contributed by atoms with van der Waals surface area (Å²) in [5.41, 5.74) is 0.413. The number of benzene rings is 1. The van der Waals surface area contributed by atoms with Crippen molar-refractivity contribution in [3.63, 3.8) is 0 Å². The highest BCUT2D eigenvalue weighted by Gasteiger charge is 2.38. The van der Waals surface area contributed by atoms with Crippen molar-refractivity contribution in [1.82, 2.24) is 5.32 Å². The lowest BCUT2D eigenvalue weighted by Gasteiger charge is -2.35. The van der Waals surface area contributed by atoms with Gasteiger partial charge in [-0.1, -0.05) is 6.92 Å². The summed E-state index contributed by atoms with van der Waals surface area (Å²) >= 11 is 6.92. The molecule has 2 N–H and O–H groups in total. The van der Waals surface area contributed by atoms with Crippen LogP contribution >= 0.6 is 31.9 Å². The van der Waals surface area contributed by atoms with Crippen LogP contribution in [-0.2, 0) is 4.79 Å². The maximum Gasteiger partial charge on any atom is 0.231 e. The van der Waals surface area contributed by atoms with Crippen LogP contribution in [0.15, 0.2) is 21.1 Å². The van der Waals surface area contributed by atoms with Gasteiger partial charge in [-0.05, 0) is 63.7 Å². The Morgan fingerprint density at radius 2 is 2.19 bits per heavy atom. The van der Waals surface area contributed by atoms with Gasteiger partial charge in [-0.2, -0.15) is 0 Å². The Bertz CT molecular complexity index is 529. The molecule has 0 aliphatic carbocycles. The van der Waals surface area contributed by atoms with Crippen molar-refractivity contribution in [1.29, 1.82) is 0 Å². The third-order valence-corrected chi connectivity index (χ3v) is 5.40. The van der Waals surface area contributed by atoms with E-state index in [1.807, 2.05) is 12.1 Å². The molecule has 0 bridgehead atoms. The molecule has 6 heteroatoms. The van der Waals surface area contributed by atoms with Crippen molar-refractivity contribution in [2.45, 2.75) is 26.2 Å². The molecular formula is C15H20Br2N2O2. The van der Waals surface area contributed by atoms with E-state index >= 15 is 0 Å². The van der Waals surface area contributed by atoms with Gasteiger partial charge in [0.15, 0.2) is 0 Å². The van der Waals surface area contributed by atoms with Gasteiger partial charge in [0.05, 0.1) is 22.7 Å². The number of carbonyl (C=O) groups excluding carboxylic acids is 1. The topological polar surface area (TPSA) is 50.4 Å². The number of piperidine rings is 1. The third kappa shape index (κ3) is 3.60. The molecule has 116 valence electrons. The van der Waals surface area contributed by atoms with Crippen molar-refractivity contribution in [3.05, 3.63) is 21.1 Å². The number of nitrogens with one attached hydrogen (secondary N) is 2. The molecule has 1 unspecified atom stereocenters. The number of halogens is 2. The number of amides is 1. The fraction of sp³-hybridized carbons (Fsp3) is 0.533. The molecule has 1 fully saturated rings. The van der Waals surface area contributed by atoms with Gasteiger partial charge in [0.2, 0.25) is 5.91 Å². The first-order chi connectivity index (χ1) is 10.0. The fourth-order valence-corrected chi connectivity index (χ4v) is 3.92. The minimum absolute atomic E-state index is 0.0716. The number of rotatable bonds is 4. The molecule has 1 aromatic rings. The lowest BCUT2D eigenvalue weighted by molar-refractivity contribution is -0.126. The summed E-state index contributed by atoms with van der Waals surface area (Å²) in [6.07, 6.45) is 2.79. The van der Waals surface area contributed by atoms with Gasteiger partial charge in [-0.3, -0.25) is 4.79 Å². The zero-order chi connectivity index (χ0) is 15.5. The Kier molecular flexibility index (Phi) is 5.68.